The van der Waals surface area contributed by atoms with Crippen LogP contribution in [0.15, 0.2) is 43.5 Å². The average molecular weight is 1200 g/mol. The van der Waals surface area contributed by atoms with Crippen LogP contribution in [0.5, 0.6) is 0 Å². The Morgan fingerprint density at radius 2 is 0.965 bits per heavy atom. The number of carbonyl (C=O) groups excluding carboxylic acids is 4. The molecule has 2 saturated carbocycles. The highest BCUT2D eigenvalue weighted by molar-refractivity contribution is 6.10. The first-order chi connectivity index (χ1) is 40.5. The molecule has 2 fully saturated rings. The quantitative estimate of drug-likeness (QED) is 0.0425. The van der Waals surface area contributed by atoms with Crippen LogP contribution in [0.2, 0.25) is 0 Å². The first-order valence-corrected chi connectivity index (χ1v) is 29.8. The van der Waals surface area contributed by atoms with Crippen molar-refractivity contribution in [3.05, 3.63) is 54.6 Å². The number of rotatable bonds is 21. The molecule has 0 spiro atoms. The zero-order valence-corrected chi connectivity index (χ0v) is 53.3. The zero-order valence-electron chi connectivity index (χ0n) is 53.3. The molecule has 0 N–H and O–H groups in total. The number of ether oxygens (including phenoxy) is 8. The Morgan fingerprint density at radius 3 is 1.34 bits per heavy atom. The molecule has 0 radical (unpaired) electrons. The van der Waals surface area contributed by atoms with Crippen LogP contribution in [0.25, 0.3) is 28.2 Å². The number of nitriles is 2. The van der Waals surface area contributed by atoms with Crippen molar-refractivity contribution in [3.8, 4) is 34.7 Å². The summed E-state index contributed by atoms with van der Waals surface area (Å²) in [6.45, 7) is 29.4. The van der Waals surface area contributed by atoms with Gasteiger partial charge in [0, 0.05) is 85.9 Å². The molecule has 470 valence electrons. The number of allylic oxidation sites excluding steroid dienone is 2. The predicted molar refractivity (Wildman–Crippen MR) is 321 cm³/mol. The number of nitrogens with zero attached hydrogens (tertiary/aromatic N) is 12. The number of imide groups is 2. The van der Waals surface area contributed by atoms with Gasteiger partial charge in [0.1, 0.15) is 35.1 Å². The molecule has 24 nitrogen and oxygen atoms in total. The molecule has 4 amide bonds. The van der Waals surface area contributed by atoms with Crippen LogP contribution in [-0.4, -0.2) is 125 Å². The normalized spacial score (nSPS) is 14.7. The van der Waals surface area contributed by atoms with Crippen molar-refractivity contribution in [1.29, 1.82) is 10.5 Å². The fraction of sp³-hybridized carbons (Fsp3) is 0.645. The first-order valence-electron chi connectivity index (χ1n) is 29.8. The molecule has 2 aliphatic rings. The largest absolute Gasteiger partial charge is 0.443 e. The third kappa shape index (κ3) is 20.4. The summed E-state index contributed by atoms with van der Waals surface area (Å²) in [6.07, 6.45) is 14.9. The van der Waals surface area contributed by atoms with Crippen molar-refractivity contribution >= 4 is 41.7 Å². The van der Waals surface area contributed by atoms with E-state index in [0.717, 1.165) is 66.9 Å². The molecule has 0 unspecified atom stereocenters. The highest BCUT2D eigenvalue weighted by atomic mass is 16.7. The molecule has 0 aromatic carbocycles. The number of hydrogen-bond donors (Lipinski definition) is 0. The van der Waals surface area contributed by atoms with Gasteiger partial charge in [-0.25, -0.2) is 43.8 Å². The third-order valence-electron chi connectivity index (χ3n) is 13.3. The molecular weight excluding hydrogens is 1100 g/mol. The molecule has 4 aromatic rings. The van der Waals surface area contributed by atoms with Gasteiger partial charge in [-0.2, -0.15) is 30.5 Å². The smallest absolute Gasteiger partial charge is 0.425 e. The Labute approximate surface area is 506 Å². The lowest BCUT2D eigenvalue weighted by atomic mass is 9.96. The van der Waals surface area contributed by atoms with E-state index in [1.165, 1.54) is 18.7 Å². The van der Waals surface area contributed by atoms with Gasteiger partial charge < -0.3 is 37.9 Å². The summed E-state index contributed by atoms with van der Waals surface area (Å²) in [7, 11) is 0. The van der Waals surface area contributed by atoms with E-state index in [9.17, 15) is 29.7 Å². The van der Waals surface area contributed by atoms with Gasteiger partial charge in [-0.1, -0.05) is 25.7 Å². The molecule has 0 bridgehead atoms. The number of anilines is 2. The van der Waals surface area contributed by atoms with E-state index >= 15 is 0 Å². The Balaban J connectivity index is 0.000000314. The molecule has 6 rings (SSSR count). The number of amides is 4. The molecule has 0 aliphatic heterocycles. The molecule has 1 atom stereocenters. The summed E-state index contributed by atoms with van der Waals surface area (Å²) in [5, 5.41) is 28.2. The molecule has 2 aliphatic carbocycles. The van der Waals surface area contributed by atoms with E-state index < -0.39 is 59.4 Å². The lowest BCUT2D eigenvalue weighted by Crippen LogP contribution is -2.45. The van der Waals surface area contributed by atoms with Crippen LogP contribution < -0.4 is 9.80 Å². The van der Waals surface area contributed by atoms with Crippen molar-refractivity contribution in [2.75, 3.05) is 36.2 Å². The minimum atomic E-state index is -0.951. The fourth-order valence-corrected chi connectivity index (χ4v) is 10.00. The highest BCUT2D eigenvalue weighted by Gasteiger charge is 2.39. The maximum atomic E-state index is 13.6. The topological polar surface area (TPSA) is 283 Å². The first kappa shape index (κ1) is 69.4. The Bertz CT molecular complexity index is 2930. The molecule has 86 heavy (non-hydrogen) atoms. The molecule has 4 heterocycles. The highest BCUT2D eigenvalue weighted by Crippen LogP contribution is 2.39. The summed E-state index contributed by atoms with van der Waals surface area (Å²) in [4.78, 5) is 73.8. The predicted octanol–water partition coefficient (Wildman–Crippen LogP) is 13.1. The monoisotopic (exact) mass is 1190 g/mol. The molecule has 4 aromatic heterocycles. The van der Waals surface area contributed by atoms with Crippen LogP contribution in [0.4, 0.5) is 30.8 Å². The second-order valence-electron chi connectivity index (χ2n) is 24.8. The van der Waals surface area contributed by atoms with Crippen molar-refractivity contribution in [3.63, 3.8) is 0 Å². The van der Waals surface area contributed by atoms with Crippen LogP contribution >= 0.6 is 0 Å². The Morgan fingerprint density at radius 1 is 0.581 bits per heavy atom. The van der Waals surface area contributed by atoms with Gasteiger partial charge in [0.2, 0.25) is 0 Å². The number of carbonyl (C=O) groups is 4. The standard InChI is InChI=1S/C31H46N6O6.C31H44N6O6/c2*1-9-40-25(41-10-2)17-23-26(22-18-35-36(19-22)24(15-16-32)21-13-11-12-14-21)33-20-34-27(23)37(28(38)42-30(3,4)5)29(39)43-31(6,7)8/h18-21,24-25H,9-15,17H2,1-8H3;15,18-21,25H,9-14,17H2,1-8H3/b;24-15-/t24-;/m1./s1. The van der Waals surface area contributed by atoms with E-state index in [1.54, 1.807) is 106 Å². The van der Waals surface area contributed by atoms with Crippen molar-refractivity contribution in [2.24, 2.45) is 11.8 Å². The number of aromatic nitrogens is 8. The Kier molecular flexibility index (Phi) is 25.3. The molecule has 0 saturated heterocycles. The van der Waals surface area contributed by atoms with Gasteiger partial charge in [0.15, 0.2) is 24.2 Å². The second-order valence-corrected chi connectivity index (χ2v) is 24.8. The van der Waals surface area contributed by atoms with Gasteiger partial charge in [0.25, 0.3) is 0 Å². The maximum Gasteiger partial charge on any atom is 0.425 e. The number of hydrogen-bond acceptors (Lipinski definition) is 20. The van der Waals surface area contributed by atoms with Gasteiger partial charge in [0.05, 0.1) is 54.1 Å². The minimum Gasteiger partial charge on any atom is -0.443 e. The lowest BCUT2D eigenvalue weighted by molar-refractivity contribution is -0.134. The summed E-state index contributed by atoms with van der Waals surface area (Å²) < 4.78 is 49.4. The van der Waals surface area contributed by atoms with Crippen molar-refractivity contribution in [1.82, 2.24) is 39.5 Å². The third-order valence-corrected chi connectivity index (χ3v) is 13.3. The van der Waals surface area contributed by atoms with Gasteiger partial charge in [-0.3, -0.25) is 4.68 Å². The van der Waals surface area contributed by atoms with Crippen LogP contribution in [-0.2, 0) is 50.7 Å². The van der Waals surface area contributed by atoms with Gasteiger partial charge in [-0.15, -0.1) is 0 Å². The van der Waals surface area contributed by atoms with Crippen LogP contribution in [0.1, 0.15) is 186 Å². The Hall–Kier alpha value is -7.38. The van der Waals surface area contributed by atoms with Crippen molar-refractivity contribution in [2.45, 2.75) is 222 Å². The van der Waals surface area contributed by atoms with Crippen LogP contribution in [0.3, 0.4) is 0 Å². The van der Waals surface area contributed by atoms with E-state index in [1.807, 2.05) is 38.6 Å². The summed E-state index contributed by atoms with van der Waals surface area (Å²) in [5.74, 6) is 0.565. The maximum absolute atomic E-state index is 13.6. The molecule has 24 heteroatoms. The molecular formula is C62H90N12O12. The van der Waals surface area contributed by atoms with E-state index in [0.29, 0.717) is 72.4 Å². The van der Waals surface area contributed by atoms with Crippen LogP contribution in [0, 0.1) is 34.5 Å². The summed E-state index contributed by atoms with van der Waals surface area (Å²) in [6, 6.07) is 4.40. The van der Waals surface area contributed by atoms with E-state index in [4.69, 9.17) is 37.9 Å². The lowest BCUT2D eigenvalue weighted by Gasteiger charge is -2.29. The van der Waals surface area contributed by atoms with Crippen molar-refractivity contribution < 1.29 is 57.1 Å². The second kappa shape index (κ2) is 31.3. The summed E-state index contributed by atoms with van der Waals surface area (Å²) >= 11 is 0. The van der Waals surface area contributed by atoms with Gasteiger partial charge in [-0.05, 0) is 142 Å². The minimum absolute atomic E-state index is 0.00461. The van der Waals surface area contributed by atoms with Gasteiger partial charge >= 0.3 is 24.4 Å². The van der Waals surface area contributed by atoms with E-state index in [-0.39, 0.29) is 36.4 Å². The zero-order chi connectivity index (χ0) is 63.6. The summed E-state index contributed by atoms with van der Waals surface area (Å²) in [5.41, 5.74) is 0.122. The average Bonchev–Trinajstić information content (AvgIpc) is 1.84. The fourth-order valence-electron chi connectivity index (χ4n) is 10.00. The van der Waals surface area contributed by atoms with E-state index in [2.05, 4.69) is 42.3 Å². The SMILES string of the molecule is CCOC(Cc1c(-c2cnn(/C(=C\C#N)C3CCCC3)c2)ncnc1N(C(=O)OC(C)(C)C)C(=O)OC(C)(C)C)OCC.CCOC(Cc1c(-c2cnn([C@H](CC#N)C3CCCC3)c2)ncnc1N(C(=O)OC(C)(C)C)C(=O)OC(C)(C)C)OCC.